The first-order valence-electron chi connectivity index (χ1n) is 14.6. The largest absolute Gasteiger partial charge is 0.309 e. The van der Waals surface area contributed by atoms with E-state index >= 15 is 0 Å². The van der Waals surface area contributed by atoms with Gasteiger partial charge in [-0.1, -0.05) is 85.4 Å². The van der Waals surface area contributed by atoms with Gasteiger partial charge in [-0.3, -0.25) is 10.1 Å². The second kappa shape index (κ2) is 11.1. The Balaban J connectivity index is 1.49. The summed E-state index contributed by atoms with van der Waals surface area (Å²) >= 11 is 1.75. The first-order valence-corrected chi connectivity index (χ1v) is 15.4. The van der Waals surface area contributed by atoms with Crippen molar-refractivity contribution in [3.8, 4) is 27.9 Å². The van der Waals surface area contributed by atoms with Gasteiger partial charge < -0.3 is 4.57 Å². The number of hydrogen-bond donors (Lipinski definition) is 0. The van der Waals surface area contributed by atoms with Crippen molar-refractivity contribution in [2.24, 2.45) is 0 Å². The van der Waals surface area contributed by atoms with Crippen LogP contribution in [-0.4, -0.2) is 16.0 Å². The summed E-state index contributed by atoms with van der Waals surface area (Å²) in [6.45, 7) is 7.73. The Morgan fingerprint density at radius 2 is 1.39 bits per heavy atom. The lowest BCUT2D eigenvalue weighted by Crippen LogP contribution is -2.03. The van der Waals surface area contributed by atoms with E-state index in [0.29, 0.717) is 5.57 Å². The SMILES string of the molecule is C=C(C[N+](=O)[O-])/C(C)=C/c1c(C)sc2cc3c(cc12)c1ccccc1n3-c1cc(-c2ccccc2)cc(-c2ccccc2)c1. The standard InChI is InChI=1S/C39H30N2O2S/c1-25(26(2)24-40(42)43)18-34-27(3)44-39-23-38-35(22-36(34)39)33-16-10-11-17-37(33)41(38)32-20-30(28-12-6-4-7-13-28)19-31(21-32)29-14-8-5-9-15-29/h4-23H,2,24H2,1,3H3/b25-18+. The van der Waals surface area contributed by atoms with Gasteiger partial charge in [0.1, 0.15) is 0 Å². The molecule has 0 radical (unpaired) electrons. The molecule has 0 spiro atoms. The van der Waals surface area contributed by atoms with E-state index in [-0.39, 0.29) is 11.5 Å². The maximum Gasteiger partial charge on any atom is 0.228 e. The summed E-state index contributed by atoms with van der Waals surface area (Å²) in [5.74, 6) is 0. The number of aryl methyl sites for hydroxylation is 1. The first-order chi connectivity index (χ1) is 21.4. The number of benzene rings is 5. The van der Waals surface area contributed by atoms with E-state index in [4.69, 9.17) is 0 Å². The van der Waals surface area contributed by atoms with Gasteiger partial charge in [0, 0.05) is 41.9 Å². The average Bonchev–Trinajstić information content (AvgIpc) is 3.52. The van der Waals surface area contributed by atoms with Gasteiger partial charge in [0.2, 0.25) is 6.54 Å². The van der Waals surface area contributed by atoms with Crippen molar-refractivity contribution < 1.29 is 4.92 Å². The molecule has 0 aliphatic heterocycles. The van der Waals surface area contributed by atoms with Crippen LogP contribution in [0.25, 0.3) is 65.9 Å². The number of thiophene rings is 1. The fourth-order valence-electron chi connectivity index (χ4n) is 6.09. The van der Waals surface area contributed by atoms with Crippen LogP contribution in [0.1, 0.15) is 17.4 Å². The minimum atomic E-state index is -0.327. The molecule has 4 nitrogen and oxygen atoms in total. The average molecular weight is 591 g/mol. The molecule has 5 aromatic carbocycles. The van der Waals surface area contributed by atoms with Crippen LogP contribution in [-0.2, 0) is 0 Å². The van der Waals surface area contributed by atoms with Crippen molar-refractivity contribution in [3.63, 3.8) is 0 Å². The van der Waals surface area contributed by atoms with E-state index in [1.165, 1.54) is 42.6 Å². The third-order valence-corrected chi connectivity index (χ3v) is 9.42. The number of para-hydroxylation sites is 1. The Labute approximate surface area is 260 Å². The predicted molar refractivity (Wildman–Crippen MR) is 186 cm³/mol. The number of aromatic nitrogens is 1. The molecule has 0 atom stereocenters. The Kier molecular flexibility index (Phi) is 6.96. The van der Waals surface area contributed by atoms with Gasteiger partial charge in [-0.15, -0.1) is 11.3 Å². The molecule has 0 N–H and O–H groups in total. The summed E-state index contributed by atoms with van der Waals surface area (Å²) in [6.07, 6.45) is 2.06. The van der Waals surface area contributed by atoms with Crippen molar-refractivity contribution in [1.82, 2.24) is 4.57 Å². The van der Waals surface area contributed by atoms with Crippen molar-refractivity contribution in [2.45, 2.75) is 13.8 Å². The molecule has 7 rings (SSSR count). The van der Waals surface area contributed by atoms with Gasteiger partial charge in [-0.2, -0.15) is 0 Å². The van der Waals surface area contributed by atoms with Gasteiger partial charge in [0.05, 0.1) is 11.0 Å². The van der Waals surface area contributed by atoms with Crippen molar-refractivity contribution in [3.05, 3.63) is 154 Å². The summed E-state index contributed by atoms with van der Waals surface area (Å²) in [6, 6.07) is 41.1. The van der Waals surface area contributed by atoms with Gasteiger partial charge in [-0.05, 0) is 89.7 Å². The molecular weight excluding hydrogens is 561 g/mol. The normalized spacial score (nSPS) is 11.9. The molecule has 0 saturated carbocycles. The number of fused-ring (bicyclic) bond motifs is 4. The molecule has 214 valence electrons. The summed E-state index contributed by atoms with van der Waals surface area (Å²) in [4.78, 5) is 12.0. The summed E-state index contributed by atoms with van der Waals surface area (Å²) in [5.41, 5.74) is 10.5. The van der Waals surface area contributed by atoms with E-state index < -0.39 is 0 Å². The van der Waals surface area contributed by atoms with Crippen LogP contribution in [0, 0.1) is 17.0 Å². The molecule has 0 bridgehead atoms. The lowest BCUT2D eigenvalue weighted by atomic mass is 9.98. The van der Waals surface area contributed by atoms with Crippen LogP contribution >= 0.6 is 11.3 Å². The third kappa shape index (κ3) is 4.91. The van der Waals surface area contributed by atoms with E-state index in [9.17, 15) is 10.1 Å². The lowest BCUT2D eigenvalue weighted by Gasteiger charge is -2.14. The maximum absolute atomic E-state index is 11.1. The summed E-state index contributed by atoms with van der Waals surface area (Å²) < 4.78 is 3.57. The Morgan fingerprint density at radius 3 is 2.02 bits per heavy atom. The number of hydrogen-bond acceptors (Lipinski definition) is 3. The molecule has 2 aromatic heterocycles. The van der Waals surface area contributed by atoms with Crippen molar-refractivity contribution >= 4 is 49.3 Å². The first kappa shape index (κ1) is 27.6. The van der Waals surface area contributed by atoms with E-state index in [1.807, 2.05) is 6.92 Å². The minimum Gasteiger partial charge on any atom is -0.309 e. The van der Waals surface area contributed by atoms with E-state index in [1.54, 1.807) is 11.3 Å². The van der Waals surface area contributed by atoms with E-state index in [0.717, 1.165) is 33.2 Å². The fraction of sp³-hybridized carbons (Fsp3) is 0.0769. The van der Waals surface area contributed by atoms with Crippen molar-refractivity contribution in [1.29, 1.82) is 0 Å². The maximum atomic E-state index is 11.1. The number of nitro groups is 1. The quantitative estimate of drug-likeness (QED) is 0.105. The fourth-order valence-corrected chi connectivity index (χ4v) is 7.15. The van der Waals surface area contributed by atoms with E-state index in [2.05, 4.69) is 139 Å². The number of rotatable bonds is 7. The van der Waals surface area contributed by atoms with Crippen LogP contribution in [0.15, 0.2) is 133 Å². The zero-order valence-corrected chi connectivity index (χ0v) is 25.4. The van der Waals surface area contributed by atoms with Crippen molar-refractivity contribution in [2.75, 3.05) is 6.54 Å². The van der Waals surface area contributed by atoms with Gasteiger partial charge in [-0.25, -0.2) is 0 Å². The Hall–Kier alpha value is -5.26. The predicted octanol–water partition coefficient (Wildman–Crippen LogP) is 10.9. The third-order valence-electron chi connectivity index (χ3n) is 8.34. The zero-order chi connectivity index (χ0) is 30.4. The van der Waals surface area contributed by atoms with Crippen LogP contribution in [0.2, 0.25) is 0 Å². The topological polar surface area (TPSA) is 48.1 Å². The molecular formula is C39H30N2O2S. The molecule has 44 heavy (non-hydrogen) atoms. The van der Waals surface area contributed by atoms with Gasteiger partial charge >= 0.3 is 0 Å². The summed E-state index contributed by atoms with van der Waals surface area (Å²) in [7, 11) is 0. The van der Waals surface area contributed by atoms with Crippen LogP contribution < -0.4 is 0 Å². The summed E-state index contributed by atoms with van der Waals surface area (Å²) in [5, 5.41) is 14.6. The smallest absolute Gasteiger partial charge is 0.228 e. The van der Waals surface area contributed by atoms with Crippen LogP contribution in [0.3, 0.4) is 0 Å². The highest BCUT2D eigenvalue weighted by atomic mass is 32.1. The molecule has 0 unspecified atom stereocenters. The number of nitrogens with zero attached hydrogens (tertiary/aromatic N) is 2. The Morgan fingerprint density at radius 1 is 0.773 bits per heavy atom. The lowest BCUT2D eigenvalue weighted by molar-refractivity contribution is -0.470. The second-order valence-corrected chi connectivity index (χ2v) is 12.5. The highest BCUT2D eigenvalue weighted by Gasteiger charge is 2.18. The van der Waals surface area contributed by atoms with Crippen LogP contribution in [0.5, 0.6) is 0 Å². The molecule has 0 aliphatic rings. The second-order valence-electron chi connectivity index (χ2n) is 11.2. The molecule has 0 fully saturated rings. The Bertz CT molecular complexity index is 2200. The van der Waals surface area contributed by atoms with Gasteiger partial charge in [0.25, 0.3) is 0 Å². The molecule has 0 amide bonds. The molecule has 0 aliphatic carbocycles. The molecule has 0 saturated heterocycles. The monoisotopic (exact) mass is 590 g/mol. The highest BCUT2D eigenvalue weighted by molar-refractivity contribution is 7.19. The van der Waals surface area contributed by atoms with Crippen LogP contribution in [0.4, 0.5) is 0 Å². The zero-order valence-electron chi connectivity index (χ0n) is 24.6. The molecule has 2 heterocycles. The molecule has 5 heteroatoms. The highest BCUT2D eigenvalue weighted by Crippen LogP contribution is 2.41. The molecule has 7 aromatic rings. The van der Waals surface area contributed by atoms with Gasteiger partial charge in [0.15, 0.2) is 0 Å². The minimum absolute atomic E-state index is 0.256.